The van der Waals surface area contributed by atoms with Crippen LogP contribution in [0.15, 0.2) is 54.6 Å². The maximum Gasteiger partial charge on any atom is 0.220 e. The Balaban J connectivity index is 1.75. The zero-order chi connectivity index (χ0) is 17.2. The highest BCUT2D eigenvalue weighted by atomic mass is 16.5. The van der Waals surface area contributed by atoms with Crippen LogP contribution in [0.3, 0.4) is 0 Å². The molecule has 24 heavy (non-hydrogen) atoms. The van der Waals surface area contributed by atoms with Crippen LogP contribution in [0, 0.1) is 0 Å². The minimum absolute atomic E-state index is 0.0263. The predicted molar refractivity (Wildman–Crippen MR) is 95.3 cm³/mol. The van der Waals surface area contributed by atoms with E-state index in [9.17, 15) is 4.79 Å². The van der Waals surface area contributed by atoms with Gasteiger partial charge in [-0.1, -0.05) is 37.3 Å². The smallest absolute Gasteiger partial charge is 0.220 e. The Morgan fingerprint density at radius 1 is 1.04 bits per heavy atom. The van der Waals surface area contributed by atoms with Gasteiger partial charge in [0, 0.05) is 6.42 Å². The zero-order valence-corrected chi connectivity index (χ0v) is 14.3. The van der Waals surface area contributed by atoms with Crippen molar-refractivity contribution < 1.29 is 14.3 Å². The molecule has 1 N–H and O–H groups in total. The highest BCUT2D eigenvalue weighted by Crippen LogP contribution is 2.20. The number of carbonyl (C=O) groups excluding carboxylic acids is 1. The molecule has 4 nitrogen and oxygen atoms in total. The molecule has 0 fully saturated rings. The van der Waals surface area contributed by atoms with E-state index in [0.29, 0.717) is 19.4 Å². The normalized spacial score (nSPS) is 11.6. The average molecular weight is 327 g/mol. The fourth-order valence-corrected chi connectivity index (χ4v) is 2.46. The van der Waals surface area contributed by atoms with Gasteiger partial charge in [0.1, 0.15) is 11.5 Å². The minimum atomic E-state index is 0.0263. The van der Waals surface area contributed by atoms with E-state index >= 15 is 0 Å². The number of carbonyl (C=O) groups is 1. The van der Waals surface area contributed by atoms with Crippen molar-refractivity contribution in [1.82, 2.24) is 5.32 Å². The standard InChI is InChI=1S/C20H25NO3/c1-3-19(16-11-13-17(23-2)14-12-16)21-20(22)10-7-15-24-18-8-5-4-6-9-18/h4-6,8-9,11-14,19H,3,7,10,15H2,1-2H3,(H,21,22)/t19-/m1/s1. The van der Waals surface area contributed by atoms with Gasteiger partial charge in [-0.2, -0.15) is 0 Å². The Kier molecular flexibility index (Phi) is 7.15. The molecule has 1 amide bonds. The number of benzene rings is 2. The monoisotopic (exact) mass is 327 g/mol. The van der Waals surface area contributed by atoms with Crippen molar-refractivity contribution in [3.8, 4) is 11.5 Å². The summed E-state index contributed by atoms with van der Waals surface area (Å²) < 4.78 is 10.8. The van der Waals surface area contributed by atoms with Gasteiger partial charge in [-0.05, 0) is 42.7 Å². The summed E-state index contributed by atoms with van der Waals surface area (Å²) in [6.45, 7) is 2.60. The number of nitrogens with one attached hydrogen (secondary N) is 1. The van der Waals surface area contributed by atoms with Crippen LogP contribution in [0.4, 0.5) is 0 Å². The Bertz CT molecular complexity index is 611. The van der Waals surface area contributed by atoms with E-state index in [0.717, 1.165) is 23.5 Å². The molecule has 0 aliphatic carbocycles. The van der Waals surface area contributed by atoms with Gasteiger partial charge in [0.05, 0.1) is 19.8 Å². The van der Waals surface area contributed by atoms with Gasteiger partial charge < -0.3 is 14.8 Å². The predicted octanol–water partition coefficient (Wildman–Crippen LogP) is 4.12. The molecule has 0 saturated heterocycles. The molecular formula is C20H25NO3. The lowest BCUT2D eigenvalue weighted by atomic mass is 10.0. The van der Waals surface area contributed by atoms with Crippen molar-refractivity contribution in [2.24, 2.45) is 0 Å². The molecular weight excluding hydrogens is 302 g/mol. The summed E-state index contributed by atoms with van der Waals surface area (Å²) in [6.07, 6.45) is 2.00. The van der Waals surface area contributed by atoms with Crippen molar-refractivity contribution in [2.75, 3.05) is 13.7 Å². The lowest BCUT2D eigenvalue weighted by molar-refractivity contribution is -0.122. The van der Waals surface area contributed by atoms with Crippen LogP contribution >= 0.6 is 0 Å². The molecule has 0 bridgehead atoms. The van der Waals surface area contributed by atoms with Crippen LogP contribution in [-0.4, -0.2) is 19.6 Å². The SMILES string of the molecule is CC[C@@H](NC(=O)CCCOc1ccccc1)c1ccc(OC)cc1. The quantitative estimate of drug-likeness (QED) is 0.705. The topological polar surface area (TPSA) is 47.6 Å². The zero-order valence-electron chi connectivity index (χ0n) is 14.3. The van der Waals surface area contributed by atoms with Crippen molar-refractivity contribution in [1.29, 1.82) is 0 Å². The highest BCUT2D eigenvalue weighted by Gasteiger charge is 2.12. The number of amides is 1. The van der Waals surface area contributed by atoms with E-state index in [1.807, 2.05) is 54.6 Å². The van der Waals surface area contributed by atoms with E-state index < -0.39 is 0 Å². The van der Waals surface area contributed by atoms with Crippen LogP contribution in [-0.2, 0) is 4.79 Å². The Labute approximate surface area is 143 Å². The molecule has 0 spiro atoms. The van der Waals surface area contributed by atoms with Crippen LogP contribution in [0.1, 0.15) is 37.8 Å². The van der Waals surface area contributed by atoms with Gasteiger partial charge in [0.2, 0.25) is 5.91 Å². The summed E-state index contributed by atoms with van der Waals surface area (Å²) in [7, 11) is 1.64. The van der Waals surface area contributed by atoms with Gasteiger partial charge >= 0.3 is 0 Å². The van der Waals surface area contributed by atoms with E-state index in [4.69, 9.17) is 9.47 Å². The molecule has 0 heterocycles. The molecule has 2 aromatic carbocycles. The van der Waals surface area contributed by atoms with Crippen LogP contribution in [0.25, 0.3) is 0 Å². The van der Waals surface area contributed by atoms with Gasteiger partial charge in [0.15, 0.2) is 0 Å². The molecule has 0 aliphatic heterocycles. The molecule has 2 aromatic rings. The van der Waals surface area contributed by atoms with Crippen LogP contribution in [0.2, 0.25) is 0 Å². The first-order valence-corrected chi connectivity index (χ1v) is 8.34. The summed E-state index contributed by atoms with van der Waals surface area (Å²) >= 11 is 0. The number of ether oxygens (including phenoxy) is 2. The number of hydrogen-bond acceptors (Lipinski definition) is 3. The van der Waals surface area contributed by atoms with E-state index in [2.05, 4.69) is 12.2 Å². The summed E-state index contributed by atoms with van der Waals surface area (Å²) in [6, 6.07) is 17.5. The van der Waals surface area contributed by atoms with Crippen molar-refractivity contribution >= 4 is 5.91 Å². The first-order valence-electron chi connectivity index (χ1n) is 8.34. The lowest BCUT2D eigenvalue weighted by Crippen LogP contribution is -2.28. The summed E-state index contributed by atoms with van der Waals surface area (Å²) in [4.78, 5) is 12.1. The van der Waals surface area contributed by atoms with Gasteiger partial charge in [-0.3, -0.25) is 4.79 Å². The summed E-state index contributed by atoms with van der Waals surface area (Å²) in [5.74, 6) is 1.70. The second-order valence-corrected chi connectivity index (χ2v) is 5.57. The fraction of sp³-hybridized carbons (Fsp3) is 0.350. The lowest BCUT2D eigenvalue weighted by Gasteiger charge is -2.18. The molecule has 0 saturated carbocycles. The maximum atomic E-state index is 12.1. The van der Waals surface area contributed by atoms with Crippen molar-refractivity contribution in [3.05, 3.63) is 60.2 Å². The molecule has 0 aliphatic rings. The second kappa shape index (κ2) is 9.60. The molecule has 1 atom stereocenters. The molecule has 0 unspecified atom stereocenters. The van der Waals surface area contributed by atoms with Gasteiger partial charge in [-0.15, -0.1) is 0 Å². The van der Waals surface area contributed by atoms with E-state index in [-0.39, 0.29) is 11.9 Å². The number of rotatable bonds is 9. The molecule has 128 valence electrons. The number of para-hydroxylation sites is 1. The highest BCUT2D eigenvalue weighted by molar-refractivity contribution is 5.76. The molecule has 2 rings (SSSR count). The summed E-state index contributed by atoms with van der Waals surface area (Å²) in [5.41, 5.74) is 1.09. The second-order valence-electron chi connectivity index (χ2n) is 5.57. The Morgan fingerprint density at radius 3 is 2.38 bits per heavy atom. The fourth-order valence-electron chi connectivity index (χ4n) is 2.46. The largest absolute Gasteiger partial charge is 0.497 e. The molecule has 4 heteroatoms. The van der Waals surface area contributed by atoms with E-state index in [1.165, 1.54) is 0 Å². The third kappa shape index (κ3) is 5.61. The average Bonchev–Trinajstić information content (AvgIpc) is 2.64. The minimum Gasteiger partial charge on any atom is -0.497 e. The van der Waals surface area contributed by atoms with Crippen LogP contribution in [0.5, 0.6) is 11.5 Å². The Morgan fingerprint density at radius 2 is 1.75 bits per heavy atom. The summed E-state index contributed by atoms with van der Waals surface area (Å²) in [5, 5.41) is 3.08. The third-order valence-corrected chi connectivity index (χ3v) is 3.82. The maximum absolute atomic E-state index is 12.1. The van der Waals surface area contributed by atoms with Crippen LogP contribution < -0.4 is 14.8 Å². The first-order chi connectivity index (χ1) is 11.7. The van der Waals surface area contributed by atoms with Gasteiger partial charge in [0.25, 0.3) is 0 Å². The van der Waals surface area contributed by atoms with Gasteiger partial charge in [-0.25, -0.2) is 0 Å². The first kappa shape index (κ1) is 17.9. The van der Waals surface area contributed by atoms with Crippen molar-refractivity contribution in [2.45, 2.75) is 32.2 Å². The Hall–Kier alpha value is -2.49. The molecule has 0 aromatic heterocycles. The number of hydrogen-bond donors (Lipinski definition) is 1. The third-order valence-electron chi connectivity index (χ3n) is 3.82. The molecule has 0 radical (unpaired) electrons. The van der Waals surface area contributed by atoms with E-state index in [1.54, 1.807) is 7.11 Å². The number of methoxy groups -OCH3 is 1. The van der Waals surface area contributed by atoms with Crippen molar-refractivity contribution in [3.63, 3.8) is 0 Å².